The Hall–Kier alpha value is -0.870. The second-order valence-electron chi connectivity index (χ2n) is 3.84. The molecule has 1 aromatic rings. The van der Waals surface area contributed by atoms with E-state index in [0.29, 0.717) is 13.0 Å². The maximum atomic E-state index is 11.7. The highest BCUT2D eigenvalue weighted by Crippen LogP contribution is 2.12. The first-order valence-electron chi connectivity index (χ1n) is 5.29. The van der Waals surface area contributed by atoms with Gasteiger partial charge in [0.1, 0.15) is 0 Å². The van der Waals surface area contributed by atoms with Crippen molar-refractivity contribution >= 4 is 21.8 Å². The minimum absolute atomic E-state index is 0.00887. The van der Waals surface area contributed by atoms with Gasteiger partial charge < -0.3 is 10.6 Å². The van der Waals surface area contributed by atoms with E-state index in [2.05, 4.69) is 15.9 Å². The normalized spacial score (nSPS) is 12.2. The molecule has 0 aliphatic heterocycles. The van der Waals surface area contributed by atoms with Gasteiger partial charge in [0.15, 0.2) is 0 Å². The lowest BCUT2D eigenvalue weighted by atomic mass is 10.2. The van der Waals surface area contributed by atoms with Crippen molar-refractivity contribution in [3.8, 4) is 0 Å². The molecule has 1 atom stereocenters. The first-order valence-corrected chi connectivity index (χ1v) is 6.09. The summed E-state index contributed by atoms with van der Waals surface area (Å²) in [6.07, 6.45) is 0.670. The Kier molecular flexibility index (Phi) is 4.96. The van der Waals surface area contributed by atoms with Gasteiger partial charge in [-0.15, -0.1) is 0 Å². The Morgan fingerprint density at radius 2 is 2.00 bits per heavy atom. The SMILES string of the molecule is CCC(N)C(=O)N(C)Cc1ccc(Br)cc1. The third-order valence-electron chi connectivity index (χ3n) is 2.47. The molecule has 1 unspecified atom stereocenters. The molecule has 2 N–H and O–H groups in total. The van der Waals surface area contributed by atoms with Gasteiger partial charge in [-0.25, -0.2) is 0 Å². The van der Waals surface area contributed by atoms with Crippen LogP contribution in [0, 0.1) is 0 Å². The molecule has 1 rings (SSSR count). The maximum absolute atomic E-state index is 11.7. The van der Waals surface area contributed by atoms with Gasteiger partial charge in [-0.05, 0) is 24.1 Å². The number of hydrogen-bond donors (Lipinski definition) is 1. The Labute approximate surface area is 105 Å². The van der Waals surface area contributed by atoms with E-state index in [4.69, 9.17) is 5.73 Å². The molecule has 0 aromatic heterocycles. The van der Waals surface area contributed by atoms with Crippen molar-refractivity contribution in [1.29, 1.82) is 0 Å². The highest BCUT2D eigenvalue weighted by Gasteiger charge is 2.15. The molecule has 88 valence electrons. The van der Waals surface area contributed by atoms with Crippen LogP contribution in [0.4, 0.5) is 0 Å². The summed E-state index contributed by atoms with van der Waals surface area (Å²) in [5.74, 6) is -0.00887. The molecule has 0 bridgehead atoms. The molecule has 0 saturated carbocycles. The molecule has 0 radical (unpaired) electrons. The molecule has 16 heavy (non-hydrogen) atoms. The molecule has 0 spiro atoms. The van der Waals surface area contributed by atoms with E-state index in [1.807, 2.05) is 31.2 Å². The molecule has 0 saturated heterocycles. The van der Waals surface area contributed by atoms with Crippen molar-refractivity contribution in [2.75, 3.05) is 7.05 Å². The average molecular weight is 285 g/mol. The van der Waals surface area contributed by atoms with Crippen molar-refractivity contribution in [3.63, 3.8) is 0 Å². The number of hydrogen-bond acceptors (Lipinski definition) is 2. The minimum Gasteiger partial charge on any atom is -0.340 e. The van der Waals surface area contributed by atoms with E-state index in [-0.39, 0.29) is 11.9 Å². The van der Waals surface area contributed by atoms with Crippen molar-refractivity contribution in [3.05, 3.63) is 34.3 Å². The number of carbonyl (C=O) groups excluding carboxylic acids is 1. The summed E-state index contributed by atoms with van der Waals surface area (Å²) in [6.45, 7) is 2.51. The minimum atomic E-state index is -0.388. The maximum Gasteiger partial charge on any atom is 0.239 e. The fourth-order valence-electron chi connectivity index (χ4n) is 1.40. The Morgan fingerprint density at radius 1 is 1.44 bits per heavy atom. The zero-order chi connectivity index (χ0) is 12.1. The molecule has 0 heterocycles. The van der Waals surface area contributed by atoms with Crippen molar-refractivity contribution < 1.29 is 4.79 Å². The summed E-state index contributed by atoms with van der Waals surface area (Å²) >= 11 is 3.37. The van der Waals surface area contributed by atoms with Gasteiger partial charge in [0.05, 0.1) is 6.04 Å². The van der Waals surface area contributed by atoms with E-state index in [1.54, 1.807) is 11.9 Å². The zero-order valence-electron chi connectivity index (χ0n) is 9.61. The number of benzene rings is 1. The van der Waals surface area contributed by atoms with Gasteiger partial charge in [0.25, 0.3) is 0 Å². The lowest BCUT2D eigenvalue weighted by Crippen LogP contribution is -2.40. The Morgan fingerprint density at radius 3 is 2.50 bits per heavy atom. The molecular weight excluding hydrogens is 268 g/mol. The van der Waals surface area contributed by atoms with Gasteiger partial charge in [-0.2, -0.15) is 0 Å². The van der Waals surface area contributed by atoms with Crippen molar-refractivity contribution in [2.24, 2.45) is 5.73 Å². The van der Waals surface area contributed by atoms with Crippen LogP contribution in [0.5, 0.6) is 0 Å². The summed E-state index contributed by atoms with van der Waals surface area (Å²) in [5, 5.41) is 0. The van der Waals surface area contributed by atoms with Crippen LogP contribution in [-0.4, -0.2) is 23.9 Å². The van der Waals surface area contributed by atoms with Gasteiger partial charge in [-0.3, -0.25) is 4.79 Å². The van der Waals surface area contributed by atoms with Gasteiger partial charge in [0.2, 0.25) is 5.91 Å². The van der Waals surface area contributed by atoms with E-state index >= 15 is 0 Å². The molecule has 3 nitrogen and oxygen atoms in total. The predicted octanol–water partition coefficient (Wildman–Crippen LogP) is 2.14. The van der Waals surface area contributed by atoms with E-state index in [9.17, 15) is 4.79 Å². The van der Waals surface area contributed by atoms with E-state index < -0.39 is 0 Å². The average Bonchev–Trinajstić information content (AvgIpc) is 2.30. The smallest absolute Gasteiger partial charge is 0.239 e. The molecule has 4 heteroatoms. The summed E-state index contributed by atoms with van der Waals surface area (Å²) in [4.78, 5) is 13.4. The van der Waals surface area contributed by atoms with Crippen LogP contribution in [0.1, 0.15) is 18.9 Å². The summed E-state index contributed by atoms with van der Waals surface area (Å²) in [5.41, 5.74) is 6.80. The number of nitrogens with two attached hydrogens (primary N) is 1. The number of rotatable bonds is 4. The molecule has 1 aromatic carbocycles. The number of likely N-dealkylation sites (N-methyl/N-ethyl adjacent to an activating group) is 1. The Bertz CT molecular complexity index is 351. The van der Waals surface area contributed by atoms with E-state index in [0.717, 1.165) is 10.0 Å². The second-order valence-corrected chi connectivity index (χ2v) is 4.75. The van der Waals surface area contributed by atoms with Crippen LogP contribution in [0.25, 0.3) is 0 Å². The van der Waals surface area contributed by atoms with Crippen LogP contribution >= 0.6 is 15.9 Å². The summed E-state index contributed by atoms with van der Waals surface area (Å²) in [6, 6.07) is 7.53. The Balaban J connectivity index is 2.60. The monoisotopic (exact) mass is 284 g/mol. The van der Waals surface area contributed by atoms with Crippen molar-refractivity contribution in [2.45, 2.75) is 25.9 Å². The lowest BCUT2D eigenvalue weighted by Gasteiger charge is -2.20. The van der Waals surface area contributed by atoms with E-state index in [1.165, 1.54) is 0 Å². The third-order valence-corrected chi connectivity index (χ3v) is 2.99. The zero-order valence-corrected chi connectivity index (χ0v) is 11.2. The molecular formula is C12H17BrN2O. The summed E-state index contributed by atoms with van der Waals surface area (Å²) in [7, 11) is 1.78. The van der Waals surface area contributed by atoms with Crippen LogP contribution in [0.2, 0.25) is 0 Å². The largest absolute Gasteiger partial charge is 0.340 e. The number of carbonyl (C=O) groups is 1. The quantitative estimate of drug-likeness (QED) is 0.921. The molecule has 0 aliphatic carbocycles. The fraction of sp³-hybridized carbons (Fsp3) is 0.417. The fourth-order valence-corrected chi connectivity index (χ4v) is 1.66. The summed E-state index contributed by atoms with van der Waals surface area (Å²) < 4.78 is 1.04. The van der Waals surface area contributed by atoms with Crippen LogP contribution in [0.15, 0.2) is 28.7 Å². The van der Waals surface area contributed by atoms with Crippen LogP contribution < -0.4 is 5.73 Å². The third kappa shape index (κ3) is 3.61. The van der Waals surface area contributed by atoms with Crippen molar-refractivity contribution in [1.82, 2.24) is 4.90 Å². The number of amides is 1. The van der Waals surface area contributed by atoms with Crippen LogP contribution in [-0.2, 0) is 11.3 Å². The molecule has 1 amide bonds. The van der Waals surface area contributed by atoms with Gasteiger partial charge >= 0.3 is 0 Å². The van der Waals surface area contributed by atoms with Gasteiger partial charge in [-0.1, -0.05) is 35.0 Å². The number of halogens is 1. The molecule has 0 aliphatic rings. The highest BCUT2D eigenvalue weighted by molar-refractivity contribution is 9.10. The number of nitrogens with zero attached hydrogens (tertiary/aromatic N) is 1. The second kappa shape index (κ2) is 6.01. The first kappa shape index (κ1) is 13.2. The lowest BCUT2D eigenvalue weighted by molar-refractivity contribution is -0.131. The molecule has 0 fully saturated rings. The highest BCUT2D eigenvalue weighted by atomic mass is 79.9. The van der Waals surface area contributed by atoms with Crippen LogP contribution in [0.3, 0.4) is 0 Å². The topological polar surface area (TPSA) is 46.3 Å². The predicted molar refractivity (Wildman–Crippen MR) is 68.9 cm³/mol. The standard InChI is InChI=1S/C12H17BrN2O/c1-3-11(14)12(16)15(2)8-9-4-6-10(13)7-5-9/h4-7,11H,3,8,14H2,1-2H3. The first-order chi connectivity index (χ1) is 7.54. The van der Waals surface area contributed by atoms with Gasteiger partial charge in [0, 0.05) is 18.1 Å².